The fraction of sp³-hybridized carbons (Fsp3) is 0.133. The average molecular weight is 318 g/mol. The molecule has 0 radical (unpaired) electrons. The summed E-state index contributed by atoms with van der Waals surface area (Å²) in [4.78, 5) is 0. The maximum Gasteiger partial charge on any atom is 0.143 e. The van der Waals surface area contributed by atoms with Crippen LogP contribution in [-0.2, 0) is 0 Å². The number of rotatable bonds is 5. The Morgan fingerprint density at radius 1 is 1.13 bits per heavy atom. The van der Waals surface area contributed by atoms with Gasteiger partial charge in [0.05, 0.1) is 5.69 Å². The Balaban J connectivity index is 1.63. The molecule has 0 spiro atoms. The molecule has 0 aliphatic rings. The molecule has 0 saturated heterocycles. The van der Waals surface area contributed by atoms with E-state index in [1.165, 1.54) is 17.1 Å². The normalized spacial score (nSPS) is 12.1. The summed E-state index contributed by atoms with van der Waals surface area (Å²) in [5, 5.41) is 20.8. The van der Waals surface area contributed by atoms with E-state index in [0.717, 1.165) is 17.8 Å². The predicted molar refractivity (Wildman–Crippen MR) is 76.0 cm³/mol. The summed E-state index contributed by atoms with van der Waals surface area (Å²) in [5.74, 6) is -1.02. The fourth-order valence-electron chi connectivity index (χ4n) is 2.01. The first-order chi connectivity index (χ1) is 11.1. The maximum atomic E-state index is 13.6. The van der Waals surface area contributed by atoms with Crippen LogP contribution in [0.15, 0.2) is 48.8 Å². The van der Waals surface area contributed by atoms with Gasteiger partial charge in [-0.2, -0.15) is 0 Å². The summed E-state index contributed by atoms with van der Waals surface area (Å²) in [6, 6.07) is 9.81. The lowest BCUT2D eigenvalue weighted by atomic mass is 10.1. The van der Waals surface area contributed by atoms with Gasteiger partial charge in [0.15, 0.2) is 0 Å². The Morgan fingerprint density at radius 2 is 1.91 bits per heavy atom. The first-order valence-electron chi connectivity index (χ1n) is 6.73. The molecule has 0 aliphatic heterocycles. The second kappa shape index (κ2) is 6.49. The Kier molecular flexibility index (Phi) is 4.24. The Labute approximate surface area is 129 Å². The number of ether oxygens (including phenoxy) is 1. The van der Waals surface area contributed by atoms with E-state index in [9.17, 15) is 13.9 Å². The van der Waals surface area contributed by atoms with Crippen molar-refractivity contribution in [3.05, 3.63) is 66.0 Å². The third-order valence-corrected chi connectivity index (χ3v) is 3.18. The van der Waals surface area contributed by atoms with E-state index >= 15 is 0 Å². The monoisotopic (exact) mass is 318 g/mol. The fourth-order valence-corrected chi connectivity index (χ4v) is 2.01. The highest BCUT2D eigenvalue weighted by atomic mass is 19.1. The minimum absolute atomic E-state index is 0.0169. The van der Waals surface area contributed by atoms with Gasteiger partial charge in [0.25, 0.3) is 0 Å². The predicted octanol–water partition coefficient (Wildman–Crippen LogP) is 2.05. The number of benzene rings is 2. The lowest BCUT2D eigenvalue weighted by Crippen LogP contribution is -2.11. The van der Waals surface area contributed by atoms with E-state index in [0.29, 0.717) is 5.75 Å². The van der Waals surface area contributed by atoms with E-state index in [-0.39, 0.29) is 12.2 Å². The maximum absolute atomic E-state index is 13.6. The second-order valence-electron chi connectivity index (χ2n) is 4.74. The Morgan fingerprint density at radius 3 is 2.57 bits per heavy atom. The third kappa shape index (κ3) is 3.49. The zero-order valence-electron chi connectivity index (χ0n) is 11.8. The number of nitrogens with zero attached hydrogens (tertiary/aromatic N) is 4. The number of hydrogen-bond donors (Lipinski definition) is 1. The van der Waals surface area contributed by atoms with Crippen molar-refractivity contribution in [1.82, 2.24) is 20.2 Å². The average Bonchev–Trinajstić information content (AvgIpc) is 3.07. The summed E-state index contributed by atoms with van der Waals surface area (Å²) in [5.41, 5.74) is 0.726. The van der Waals surface area contributed by atoms with Crippen LogP contribution in [0.25, 0.3) is 5.69 Å². The molecule has 1 N–H and O–H groups in total. The van der Waals surface area contributed by atoms with Gasteiger partial charge in [0.2, 0.25) is 0 Å². The van der Waals surface area contributed by atoms with Crippen LogP contribution in [0.3, 0.4) is 0 Å². The van der Waals surface area contributed by atoms with Crippen LogP contribution in [-0.4, -0.2) is 31.9 Å². The van der Waals surface area contributed by atoms with E-state index in [2.05, 4.69) is 15.5 Å². The van der Waals surface area contributed by atoms with Crippen LogP contribution in [0.2, 0.25) is 0 Å². The summed E-state index contributed by atoms with van der Waals surface area (Å²) in [6.07, 6.45) is 0.256. The molecule has 6 nitrogen and oxygen atoms in total. The Hall–Kier alpha value is -2.87. The molecule has 1 atom stereocenters. The zero-order chi connectivity index (χ0) is 16.2. The third-order valence-electron chi connectivity index (χ3n) is 3.18. The molecule has 3 rings (SSSR count). The van der Waals surface area contributed by atoms with Crippen molar-refractivity contribution < 1.29 is 18.6 Å². The molecular weight excluding hydrogens is 306 g/mol. The molecular formula is C15H12F2N4O2. The van der Waals surface area contributed by atoms with Gasteiger partial charge in [0.1, 0.15) is 36.4 Å². The van der Waals surface area contributed by atoms with Crippen LogP contribution in [0.5, 0.6) is 5.75 Å². The van der Waals surface area contributed by atoms with Crippen molar-refractivity contribution in [3.63, 3.8) is 0 Å². The van der Waals surface area contributed by atoms with Crippen molar-refractivity contribution in [2.75, 3.05) is 6.61 Å². The van der Waals surface area contributed by atoms with Crippen molar-refractivity contribution in [2.45, 2.75) is 6.10 Å². The van der Waals surface area contributed by atoms with Gasteiger partial charge in [-0.05, 0) is 40.8 Å². The van der Waals surface area contributed by atoms with Crippen LogP contribution >= 0.6 is 0 Å². The van der Waals surface area contributed by atoms with Crippen LogP contribution in [0.1, 0.15) is 11.7 Å². The molecule has 0 bridgehead atoms. The first kappa shape index (κ1) is 15.0. The minimum atomic E-state index is -1.20. The molecule has 1 heterocycles. The van der Waals surface area contributed by atoms with Gasteiger partial charge >= 0.3 is 0 Å². The molecule has 23 heavy (non-hydrogen) atoms. The molecule has 0 fully saturated rings. The molecule has 1 unspecified atom stereocenters. The smallest absolute Gasteiger partial charge is 0.143 e. The lowest BCUT2D eigenvalue weighted by molar-refractivity contribution is 0.105. The highest BCUT2D eigenvalue weighted by Gasteiger charge is 2.14. The SMILES string of the molecule is OC(COc1ccc(-n2cnnn2)cc1)c1ccc(F)cc1F. The molecule has 118 valence electrons. The largest absolute Gasteiger partial charge is 0.491 e. The molecule has 1 aromatic heterocycles. The number of tetrazole rings is 1. The van der Waals surface area contributed by atoms with Crippen LogP contribution in [0.4, 0.5) is 8.78 Å². The summed E-state index contributed by atoms with van der Waals surface area (Å²) in [6.45, 7) is -0.160. The van der Waals surface area contributed by atoms with Gasteiger partial charge in [-0.1, -0.05) is 6.07 Å². The number of aliphatic hydroxyl groups is 1. The molecule has 0 saturated carbocycles. The second-order valence-corrected chi connectivity index (χ2v) is 4.74. The number of hydrogen-bond acceptors (Lipinski definition) is 5. The van der Waals surface area contributed by atoms with E-state index in [1.54, 1.807) is 24.3 Å². The number of aliphatic hydroxyl groups excluding tert-OH is 1. The van der Waals surface area contributed by atoms with Gasteiger partial charge < -0.3 is 9.84 Å². The molecule has 0 amide bonds. The molecule has 8 heteroatoms. The topological polar surface area (TPSA) is 73.1 Å². The minimum Gasteiger partial charge on any atom is -0.491 e. The van der Waals surface area contributed by atoms with Gasteiger partial charge in [0, 0.05) is 11.6 Å². The van der Waals surface area contributed by atoms with Crippen molar-refractivity contribution in [1.29, 1.82) is 0 Å². The van der Waals surface area contributed by atoms with E-state index in [1.807, 2.05) is 0 Å². The van der Waals surface area contributed by atoms with Gasteiger partial charge in [-0.3, -0.25) is 0 Å². The van der Waals surface area contributed by atoms with E-state index < -0.39 is 17.7 Å². The van der Waals surface area contributed by atoms with Crippen LogP contribution < -0.4 is 4.74 Å². The first-order valence-corrected chi connectivity index (χ1v) is 6.73. The summed E-state index contributed by atoms with van der Waals surface area (Å²) in [7, 11) is 0. The lowest BCUT2D eigenvalue weighted by Gasteiger charge is -2.13. The van der Waals surface area contributed by atoms with Crippen molar-refractivity contribution >= 4 is 0 Å². The highest BCUT2D eigenvalue weighted by molar-refractivity contribution is 5.36. The quantitative estimate of drug-likeness (QED) is 0.779. The van der Waals surface area contributed by atoms with Gasteiger partial charge in [-0.15, -0.1) is 5.10 Å². The Bertz CT molecular complexity index is 779. The zero-order valence-corrected chi connectivity index (χ0v) is 11.8. The number of halogens is 2. The summed E-state index contributed by atoms with van der Waals surface area (Å²) < 4.78 is 33.3. The highest BCUT2D eigenvalue weighted by Crippen LogP contribution is 2.20. The van der Waals surface area contributed by atoms with Crippen molar-refractivity contribution in [2.24, 2.45) is 0 Å². The van der Waals surface area contributed by atoms with Gasteiger partial charge in [-0.25, -0.2) is 13.5 Å². The molecule has 2 aromatic carbocycles. The number of aromatic nitrogens is 4. The molecule has 0 aliphatic carbocycles. The molecule has 3 aromatic rings. The van der Waals surface area contributed by atoms with E-state index in [4.69, 9.17) is 4.74 Å². The summed E-state index contributed by atoms with van der Waals surface area (Å²) >= 11 is 0. The van der Waals surface area contributed by atoms with Crippen molar-refractivity contribution in [3.8, 4) is 11.4 Å². The van der Waals surface area contributed by atoms with Crippen LogP contribution in [0, 0.1) is 11.6 Å². The standard InChI is InChI=1S/C15H12F2N4O2/c16-10-1-6-13(14(17)7-10)15(22)8-23-12-4-2-11(3-5-12)21-9-18-19-20-21/h1-7,9,15,22H,8H2.